The number of rotatable bonds is 6. The fourth-order valence-corrected chi connectivity index (χ4v) is 2.27. The molecule has 0 aromatic heterocycles. The van der Waals surface area contributed by atoms with Crippen LogP contribution in [0.15, 0.2) is 16.6 Å². The first-order valence-electron chi connectivity index (χ1n) is 6.44. The first-order valence-corrected chi connectivity index (χ1v) is 7.24. The number of anilines is 1. The van der Waals surface area contributed by atoms with Crippen molar-refractivity contribution in [2.75, 3.05) is 32.0 Å². The third-order valence-electron chi connectivity index (χ3n) is 3.17. The van der Waals surface area contributed by atoms with Crippen molar-refractivity contribution < 1.29 is 9.53 Å². The summed E-state index contributed by atoms with van der Waals surface area (Å²) >= 11 is 3.33. The molecule has 106 valence electrons. The Morgan fingerprint density at radius 2 is 2.00 bits per heavy atom. The maximum absolute atomic E-state index is 12.0. The number of nitrogen functional groups attached to an aromatic ring is 1. The Balaban J connectivity index is 2.64. The Hall–Kier alpha value is -1.07. The maximum Gasteiger partial charge on any atom is 0.338 e. The molecular formula is C14H21BrN2O2. The van der Waals surface area contributed by atoms with Crippen LogP contribution in [0.5, 0.6) is 0 Å². The van der Waals surface area contributed by atoms with E-state index in [1.54, 1.807) is 12.1 Å². The van der Waals surface area contributed by atoms with Crippen LogP contribution in [0.3, 0.4) is 0 Å². The van der Waals surface area contributed by atoms with E-state index in [1.165, 1.54) is 0 Å². The average molecular weight is 329 g/mol. The number of halogens is 1. The SMILES string of the molecule is CCN(CC)CCOC(=O)c1cc(Br)cc(N)c1C. The summed E-state index contributed by atoms with van der Waals surface area (Å²) in [6.45, 7) is 9.05. The van der Waals surface area contributed by atoms with Crippen molar-refractivity contribution in [1.82, 2.24) is 4.90 Å². The van der Waals surface area contributed by atoms with Gasteiger partial charge in [0.05, 0.1) is 5.56 Å². The highest BCUT2D eigenvalue weighted by molar-refractivity contribution is 9.10. The Kier molecular flexibility index (Phi) is 6.31. The number of benzene rings is 1. The molecule has 0 radical (unpaired) electrons. The van der Waals surface area contributed by atoms with E-state index in [2.05, 4.69) is 34.7 Å². The van der Waals surface area contributed by atoms with Crippen LogP contribution < -0.4 is 5.73 Å². The third-order valence-corrected chi connectivity index (χ3v) is 3.63. The first-order chi connectivity index (χ1) is 8.99. The fraction of sp³-hybridized carbons (Fsp3) is 0.500. The number of carbonyl (C=O) groups is 1. The van der Waals surface area contributed by atoms with Gasteiger partial charge in [0.1, 0.15) is 6.61 Å². The average Bonchev–Trinajstić information content (AvgIpc) is 2.38. The normalized spacial score (nSPS) is 10.8. The lowest BCUT2D eigenvalue weighted by Gasteiger charge is -2.17. The van der Waals surface area contributed by atoms with E-state index in [1.807, 2.05) is 6.92 Å². The van der Waals surface area contributed by atoms with Gasteiger partial charge in [0.2, 0.25) is 0 Å². The first kappa shape index (κ1) is 16.0. The summed E-state index contributed by atoms with van der Waals surface area (Å²) in [4.78, 5) is 14.2. The van der Waals surface area contributed by atoms with Crippen molar-refractivity contribution in [3.8, 4) is 0 Å². The quantitative estimate of drug-likeness (QED) is 0.644. The summed E-state index contributed by atoms with van der Waals surface area (Å²) in [5, 5.41) is 0. The van der Waals surface area contributed by atoms with Gasteiger partial charge in [-0.3, -0.25) is 0 Å². The van der Waals surface area contributed by atoms with E-state index >= 15 is 0 Å². The summed E-state index contributed by atoms with van der Waals surface area (Å²) in [6.07, 6.45) is 0. The zero-order chi connectivity index (χ0) is 14.4. The van der Waals surface area contributed by atoms with Gasteiger partial charge in [-0.1, -0.05) is 29.8 Å². The molecule has 0 saturated carbocycles. The maximum atomic E-state index is 12.0. The molecular weight excluding hydrogens is 308 g/mol. The molecule has 0 heterocycles. The third kappa shape index (κ3) is 4.51. The molecule has 0 unspecified atom stereocenters. The van der Waals surface area contributed by atoms with Gasteiger partial charge in [0.15, 0.2) is 0 Å². The number of ether oxygens (including phenoxy) is 1. The highest BCUT2D eigenvalue weighted by Crippen LogP contribution is 2.23. The Bertz CT molecular complexity index is 445. The van der Waals surface area contributed by atoms with E-state index in [0.717, 1.165) is 29.7 Å². The molecule has 1 aromatic rings. The fourth-order valence-electron chi connectivity index (χ4n) is 1.80. The van der Waals surface area contributed by atoms with Crippen LogP contribution in [0.4, 0.5) is 5.69 Å². The number of nitrogens with zero attached hydrogens (tertiary/aromatic N) is 1. The lowest BCUT2D eigenvalue weighted by atomic mass is 10.1. The smallest absolute Gasteiger partial charge is 0.338 e. The standard InChI is InChI=1S/C14H21BrN2O2/c1-4-17(5-2)6-7-19-14(18)12-8-11(15)9-13(16)10(12)3/h8-9H,4-7,16H2,1-3H3. The topological polar surface area (TPSA) is 55.6 Å². The van der Waals surface area contributed by atoms with Gasteiger partial charge in [0.25, 0.3) is 0 Å². The molecule has 0 bridgehead atoms. The van der Waals surface area contributed by atoms with Gasteiger partial charge in [-0.15, -0.1) is 0 Å². The second-order valence-electron chi connectivity index (χ2n) is 4.33. The molecule has 0 aliphatic rings. The van der Waals surface area contributed by atoms with Crippen molar-refractivity contribution in [3.05, 3.63) is 27.7 Å². The second-order valence-corrected chi connectivity index (χ2v) is 5.25. The van der Waals surface area contributed by atoms with Crippen LogP contribution in [0, 0.1) is 6.92 Å². The van der Waals surface area contributed by atoms with Crippen molar-refractivity contribution >= 4 is 27.6 Å². The summed E-state index contributed by atoms with van der Waals surface area (Å²) in [6, 6.07) is 3.52. The predicted octanol–water partition coefficient (Wildman–Crippen LogP) is 2.84. The van der Waals surface area contributed by atoms with E-state index in [4.69, 9.17) is 10.5 Å². The van der Waals surface area contributed by atoms with E-state index < -0.39 is 0 Å². The molecule has 4 nitrogen and oxygen atoms in total. The summed E-state index contributed by atoms with van der Waals surface area (Å²) < 4.78 is 6.08. The lowest BCUT2D eigenvalue weighted by Crippen LogP contribution is -2.28. The molecule has 5 heteroatoms. The molecule has 2 N–H and O–H groups in total. The minimum atomic E-state index is -0.322. The molecule has 0 saturated heterocycles. The molecule has 19 heavy (non-hydrogen) atoms. The number of esters is 1. The molecule has 0 aliphatic carbocycles. The van der Waals surface area contributed by atoms with Crippen LogP contribution in [-0.2, 0) is 4.74 Å². The molecule has 0 atom stereocenters. The lowest BCUT2D eigenvalue weighted by molar-refractivity contribution is 0.0465. The number of nitrogens with two attached hydrogens (primary N) is 1. The van der Waals surface area contributed by atoms with Gasteiger partial charge < -0.3 is 15.4 Å². The minimum Gasteiger partial charge on any atom is -0.461 e. The molecule has 1 aromatic carbocycles. The van der Waals surface area contributed by atoms with E-state index in [-0.39, 0.29) is 5.97 Å². The van der Waals surface area contributed by atoms with E-state index in [9.17, 15) is 4.79 Å². The molecule has 0 aliphatic heterocycles. The van der Waals surface area contributed by atoms with Gasteiger partial charge in [0, 0.05) is 16.7 Å². The second kappa shape index (κ2) is 7.50. The van der Waals surface area contributed by atoms with E-state index in [0.29, 0.717) is 17.9 Å². The zero-order valence-electron chi connectivity index (χ0n) is 11.7. The Morgan fingerprint density at radius 3 is 2.58 bits per heavy atom. The number of hydrogen-bond donors (Lipinski definition) is 1. The van der Waals surface area contributed by atoms with Crippen LogP contribution in [0.2, 0.25) is 0 Å². The van der Waals surface area contributed by atoms with Crippen molar-refractivity contribution in [3.63, 3.8) is 0 Å². The van der Waals surface area contributed by atoms with Crippen LogP contribution >= 0.6 is 15.9 Å². The highest BCUT2D eigenvalue weighted by atomic mass is 79.9. The zero-order valence-corrected chi connectivity index (χ0v) is 13.3. The monoisotopic (exact) mass is 328 g/mol. The van der Waals surface area contributed by atoms with Gasteiger partial charge >= 0.3 is 5.97 Å². The van der Waals surface area contributed by atoms with Crippen molar-refractivity contribution in [1.29, 1.82) is 0 Å². The Morgan fingerprint density at radius 1 is 1.37 bits per heavy atom. The Labute approximate surface area is 123 Å². The van der Waals surface area contributed by atoms with Gasteiger partial charge in [-0.25, -0.2) is 4.79 Å². The number of hydrogen-bond acceptors (Lipinski definition) is 4. The van der Waals surface area contributed by atoms with Gasteiger partial charge in [-0.2, -0.15) is 0 Å². The van der Waals surface area contributed by atoms with Crippen LogP contribution in [0.25, 0.3) is 0 Å². The minimum absolute atomic E-state index is 0.322. The van der Waals surface area contributed by atoms with Crippen molar-refractivity contribution in [2.45, 2.75) is 20.8 Å². The van der Waals surface area contributed by atoms with Gasteiger partial charge in [-0.05, 0) is 37.7 Å². The van der Waals surface area contributed by atoms with Crippen LogP contribution in [0.1, 0.15) is 29.8 Å². The largest absolute Gasteiger partial charge is 0.461 e. The number of likely N-dealkylation sites (N-methyl/N-ethyl adjacent to an activating group) is 1. The molecule has 0 fully saturated rings. The predicted molar refractivity (Wildman–Crippen MR) is 81.4 cm³/mol. The van der Waals surface area contributed by atoms with Crippen molar-refractivity contribution in [2.24, 2.45) is 0 Å². The van der Waals surface area contributed by atoms with Crippen LogP contribution in [-0.4, -0.2) is 37.1 Å². The summed E-state index contributed by atoms with van der Waals surface area (Å²) in [5.41, 5.74) is 7.70. The molecule has 0 amide bonds. The summed E-state index contributed by atoms with van der Waals surface area (Å²) in [7, 11) is 0. The number of carbonyl (C=O) groups excluding carboxylic acids is 1. The summed E-state index contributed by atoms with van der Waals surface area (Å²) in [5.74, 6) is -0.322. The highest BCUT2D eigenvalue weighted by Gasteiger charge is 2.13. The molecule has 0 spiro atoms. The molecule has 1 rings (SSSR count).